The Morgan fingerprint density at radius 1 is 1.17 bits per heavy atom. The molecule has 3 rings (SSSR count). The molecule has 0 radical (unpaired) electrons. The zero-order valence-electron chi connectivity index (χ0n) is 19.8. The van der Waals surface area contributed by atoms with Gasteiger partial charge in [0.05, 0.1) is 5.39 Å². The summed E-state index contributed by atoms with van der Waals surface area (Å²) in [4.78, 5) is 57.9. The third-order valence-electron chi connectivity index (χ3n) is 5.18. The predicted molar refractivity (Wildman–Crippen MR) is 129 cm³/mol. The van der Waals surface area contributed by atoms with Crippen LogP contribution in [0.15, 0.2) is 35.3 Å². The van der Waals surface area contributed by atoms with Crippen molar-refractivity contribution in [3.63, 3.8) is 0 Å². The zero-order chi connectivity index (χ0) is 25.8. The largest absolute Gasteiger partial charge is 0.481 e. The number of carbonyl (C=O) groups excluding carboxylic acids is 2. The molecule has 2 aromatic heterocycles. The summed E-state index contributed by atoms with van der Waals surface area (Å²) >= 11 is 0. The Balaban J connectivity index is 1.65. The van der Waals surface area contributed by atoms with Gasteiger partial charge in [-0.25, -0.2) is 4.79 Å². The third kappa shape index (κ3) is 6.92. The number of hydrogen-bond acceptors (Lipinski definition) is 7. The number of fused-ring (bicyclic) bond motifs is 1. The predicted octanol–water partition coefficient (Wildman–Crippen LogP) is 1.92. The molecule has 0 spiro atoms. The normalized spacial score (nSPS) is 12.3. The van der Waals surface area contributed by atoms with E-state index in [1.54, 1.807) is 51.2 Å². The van der Waals surface area contributed by atoms with E-state index in [0.717, 1.165) is 11.1 Å². The topological polar surface area (TPSA) is 180 Å². The maximum atomic E-state index is 12.7. The van der Waals surface area contributed by atoms with E-state index < -0.39 is 29.5 Å². The molecule has 1 amide bonds. The lowest BCUT2D eigenvalue weighted by Crippen LogP contribution is -2.44. The van der Waals surface area contributed by atoms with E-state index in [4.69, 9.17) is 15.6 Å². The lowest BCUT2D eigenvalue weighted by Gasteiger charge is -2.24. The van der Waals surface area contributed by atoms with Crippen LogP contribution >= 0.6 is 0 Å². The number of benzene rings is 1. The highest BCUT2D eigenvalue weighted by molar-refractivity contribution is 5.97. The fourth-order valence-electron chi connectivity index (χ4n) is 3.55. The Bertz CT molecular complexity index is 1290. The number of aliphatic carboxylic acids is 1. The van der Waals surface area contributed by atoms with Gasteiger partial charge in [-0.05, 0) is 63.3 Å². The van der Waals surface area contributed by atoms with Crippen LogP contribution in [0.25, 0.3) is 11.0 Å². The molecule has 35 heavy (non-hydrogen) atoms. The molecule has 2 heterocycles. The molecule has 11 heteroatoms. The van der Waals surface area contributed by atoms with Crippen molar-refractivity contribution in [1.29, 1.82) is 0 Å². The fourth-order valence-corrected chi connectivity index (χ4v) is 3.55. The summed E-state index contributed by atoms with van der Waals surface area (Å²) in [5, 5.41) is 12.0. The Morgan fingerprint density at radius 2 is 1.86 bits per heavy atom. The molecule has 1 atom stereocenters. The molecule has 0 saturated heterocycles. The maximum absolute atomic E-state index is 12.7. The number of nitrogens with two attached hydrogens (primary N) is 1. The second kappa shape index (κ2) is 10.4. The zero-order valence-corrected chi connectivity index (χ0v) is 19.8. The molecule has 0 unspecified atom stereocenters. The quantitative estimate of drug-likeness (QED) is 0.286. The minimum atomic E-state index is -1.08. The number of anilines is 1. The van der Waals surface area contributed by atoms with Crippen LogP contribution in [0.5, 0.6) is 0 Å². The van der Waals surface area contributed by atoms with Gasteiger partial charge < -0.3 is 25.9 Å². The van der Waals surface area contributed by atoms with Crippen molar-refractivity contribution in [2.75, 3.05) is 5.73 Å². The Labute approximate surface area is 201 Å². The minimum absolute atomic E-state index is 0.0432. The van der Waals surface area contributed by atoms with Crippen LogP contribution in [0.2, 0.25) is 0 Å². The van der Waals surface area contributed by atoms with E-state index in [1.807, 2.05) is 0 Å². The first-order valence-corrected chi connectivity index (χ1v) is 11.1. The first-order chi connectivity index (χ1) is 16.4. The number of carboxylic acid groups (broad SMARTS) is 1. The van der Waals surface area contributed by atoms with Crippen LogP contribution in [0.4, 0.5) is 5.95 Å². The summed E-state index contributed by atoms with van der Waals surface area (Å²) in [5.74, 6) is -2.23. The summed E-state index contributed by atoms with van der Waals surface area (Å²) in [7, 11) is 0. The molecule has 3 aromatic rings. The van der Waals surface area contributed by atoms with E-state index in [1.165, 1.54) is 0 Å². The van der Waals surface area contributed by atoms with Crippen LogP contribution in [-0.4, -0.2) is 49.5 Å². The van der Waals surface area contributed by atoms with Crippen molar-refractivity contribution < 1.29 is 24.2 Å². The molecule has 0 fully saturated rings. The highest BCUT2D eigenvalue weighted by Gasteiger charge is 2.27. The van der Waals surface area contributed by atoms with Gasteiger partial charge in [0.2, 0.25) is 5.95 Å². The Kier molecular flexibility index (Phi) is 7.58. The Hall–Kier alpha value is -4.15. The number of ether oxygens (including phenoxy) is 1. The molecule has 6 N–H and O–H groups in total. The number of nitrogens with one attached hydrogen (secondary N) is 3. The van der Waals surface area contributed by atoms with Crippen LogP contribution in [0.3, 0.4) is 0 Å². The van der Waals surface area contributed by atoms with E-state index in [2.05, 4.69) is 20.3 Å². The smallest absolute Gasteiger partial charge is 0.329 e. The highest BCUT2D eigenvalue weighted by atomic mass is 16.6. The van der Waals surface area contributed by atoms with Crippen molar-refractivity contribution >= 4 is 34.8 Å². The number of esters is 1. The second-order valence-electron chi connectivity index (χ2n) is 9.18. The summed E-state index contributed by atoms with van der Waals surface area (Å²) in [6, 6.07) is 5.73. The fraction of sp³-hybridized carbons (Fsp3) is 0.375. The van der Waals surface area contributed by atoms with Crippen LogP contribution in [0.1, 0.15) is 55.1 Å². The average molecular weight is 484 g/mol. The number of carboxylic acids is 1. The lowest BCUT2D eigenvalue weighted by molar-refractivity contribution is -0.157. The number of amides is 1. The number of aromatic nitrogens is 3. The number of nitrogens with zero attached hydrogens (tertiary/aromatic N) is 1. The molecule has 0 saturated carbocycles. The van der Waals surface area contributed by atoms with Gasteiger partial charge in [0.15, 0.2) is 0 Å². The van der Waals surface area contributed by atoms with Crippen LogP contribution < -0.4 is 16.6 Å². The number of nitrogen functional groups attached to an aromatic ring is 1. The summed E-state index contributed by atoms with van der Waals surface area (Å²) in [6.07, 6.45) is 2.52. The number of aryl methyl sites for hydroxylation is 2. The maximum Gasteiger partial charge on any atom is 0.329 e. The molecule has 0 bridgehead atoms. The summed E-state index contributed by atoms with van der Waals surface area (Å²) < 4.78 is 5.32. The Morgan fingerprint density at radius 3 is 2.49 bits per heavy atom. The summed E-state index contributed by atoms with van der Waals surface area (Å²) in [5.41, 5.74) is 6.97. The van der Waals surface area contributed by atoms with Gasteiger partial charge in [0.1, 0.15) is 17.3 Å². The lowest BCUT2D eigenvalue weighted by atomic mass is 10.0. The van der Waals surface area contributed by atoms with Gasteiger partial charge in [-0.1, -0.05) is 12.1 Å². The van der Waals surface area contributed by atoms with Crippen molar-refractivity contribution in [3.05, 3.63) is 57.5 Å². The van der Waals surface area contributed by atoms with Crippen LogP contribution in [-0.2, 0) is 27.2 Å². The highest BCUT2D eigenvalue weighted by Crippen LogP contribution is 2.16. The molecule has 11 nitrogen and oxygen atoms in total. The second-order valence-corrected chi connectivity index (χ2v) is 9.18. The molecular weight excluding hydrogens is 454 g/mol. The molecule has 186 valence electrons. The van der Waals surface area contributed by atoms with E-state index in [-0.39, 0.29) is 24.3 Å². The van der Waals surface area contributed by atoms with Gasteiger partial charge in [0, 0.05) is 18.2 Å². The number of hydrogen-bond donors (Lipinski definition) is 5. The van der Waals surface area contributed by atoms with E-state index in [0.29, 0.717) is 29.4 Å². The van der Waals surface area contributed by atoms with Gasteiger partial charge in [-0.2, -0.15) is 4.98 Å². The van der Waals surface area contributed by atoms with Gasteiger partial charge >= 0.3 is 11.9 Å². The first-order valence-electron chi connectivity index (χ1n) is 11.1. The van der Waals surface area contributed by atoms with Crippen molar-refractivity contribution in [3.8, 4) is 0 Å². The molecule has 0 aliphatic carbocycles. The molecule has 0 aliphatic rings. The average Bonchev–Trinajstić information content (AvgIpc) is 3.17. The molecule has 0 aliphatic heterocycles. The number of H-pyrrole nitrogens is 2. The summed E-state index contributed by atoms with van der Waals surface area (Å²) in [6.45, 7) is 5.08. The minimum Gasteiger partial charge on any atom is -0.481 e. The van der Waals surface area contributed by atoms with Gasteiger partial charge in [-0.3, -0.25) is 19.4 Å². The number of rotatable bonds is 9. The third-order valence-corrected chi connectivity index (χ3v) is 5.18. The number of carbonyl (C=O) groups is 3. The van der Waals surface area contributed by atoms with E-state index >= 15 is 0 Å². The molecular formula is C24H29N5O6. The number of aromatic amines is 2. The van der Waals surface area contributed by atoms with Crippen LogP contribution in [0, 0.1) is 0 Å². The van der Waals surface area contributed by atoms with Crippen molar-refractivity contribution in [1.82, 2.24) is 20.3 Å². The first kappa shape index (κ1) is 25.5. The van der Waals surface area contributed by atoms with E-state index in [9.17, 15) is 19.2 Å². The SMILES string of the molecule is CC(C)(C)OC(=O)[C@H](CCC(=O)O)NC(=O)c1ccc(CCc2c[nH]c3nc(N)[nH]c(=O)c23)cc1. The van der Waals surface area contributed by atoms with Crippen molar-refractivity contribution in [2.45, 2.75) is 58.1 Å². The van der Waals surface area contributed by atoms with Crippen molar-refractivity contribution in [2.24, 2.45) is 0 Å². The van der Waals surface area contributed by atoms with Gasteiger partial charge in [0.25, 0.3) is 11.5 Å². The standard InChI is InChI=1S/C24H29N5O6/c1-24(2,3)35-22(34)16(10-11-17(30)31)27-20(32)14-7-4-13(5-8-14)6-9-15-12-26-19-18(15)21(33)29-23(25)28-19/h4-5,7-8,12,16H,6,9-11H2,1-3H3,(H,27,32)(H,30,31)(H4,25,26,28,29,33)/t16-/m0/s1. The molecule has 1 aromatic carbocycles. The van der Waals surface area contributed by atoms with Gasteiger partial charge in [-0.15, -0.1) is 0 Å². The monoisotopic (exact) mass is 483 g/mol.